The van der Waals surface area contributed by atoms with Crippen LogP contribution in [-0.2, 0) is 5.60 Å². The van der Waals surface area contributed by atoms with Crippen molar-refractivity contribution in [2.45, 2.75) is 5.60 Å². The molecule has 0 aromatic carbocycles. The van der Waals surface area contributed by atoms with Crippen molar-refractivity contribution in [3.63, 3.8) is 0 Å². The van der Waals surface area contributed by atoms with Crippen LogP contribution < -0.4 is 5.32 Å². The van der Waals surface area contributed by atoms with E-state index in [-0.39, 0.29) is 12.2 Å². The zero-order chi connectivity index (χ0) is 18.0. The fourth-order valence-electron chi connectivity index (χ4n) is 2.54. The first-order chi connectivity index (χ1) is 12.7. The summed E-state index contributed by atoms with van der Waals surface area (Å²) in [6.07, 6.45) is 2.98. The number of aliphatic hydroxyl groups is 1. The van der Waals surface area contributed by atoms with Crippen molar-refractivity contribution in [1.29, 1.82) is 0 Å². The van der Waals surface area contributed by atoms with Crippen LogP contribution in [0.25, 0.3) is 11.5 Å². The maximum absolute atomic E-state index is 12.4. The molecule has 4 heterocycles. The Bertz CT molecular complexity index is 937. The summed E-state index contributed by atoms with van der Waals surface area (Å²) < 4.78 is 15.7. The van der Waals surface area contributed by atoms with E-state index in [1.165, 1.54) is 29.9 Å². The van der Waals surface area contributed by atoms with Crippen LogP contribution in [0.1, 0.15) is 21.1 Å². The molecule has 0 bridgehead atoms. The molecule has 132 valence electrons. The van der Waals surface area contributed by atoms with Crippen LogP contribution in [0.3, 0.4) is 0 Å². The second-order valence-electron chi connectivity index (χ2n) is 5.55. The number of aromatic nitrogens is 1. The summed E-state index contributed by atoms with van der Waals surface area (Å²) in [7, 11) is 0. The number of amides is 1. The monoisotopic (exact) mass is 370 g/mol. The van der Waals surface area contributed by atoms with Gasteiger partial charge in [0.25, 0.3) is 5.91 Å². The number of nitrogens with zero attached hydrogens (tertiary/aromatic N) is 1. The molecule has 0 aliphatic carbocycles. The van der Waals surface area contributed by atoms with Gasteiger partial charge in [-0.3, -0.25) is 4.79 Å². The molecule has 0 spiro atoms. The molecule has 0 radical (unpaired) electrons. The van der Waals surface area contributed by atoms with Crippen molar-refractivity contribution in [2.24, 2.45) is 0 Å². The molecule has 0 aliphatic heterocycles. The third-order valence-electron chi connectivity index (χ3n) is 3.87. The van der Waals surface area contributed by atoms with E-state index < -0.39 is 11.5 Å². The van der Waals surface area contributed by atoms with Gasteiger partial charge in [0.15, 0.2) is 17.1 Å². The van der Waals surface area contributed by atoms with E-state index in [2.05, 4.69) is 10.5 Å². The molecule has 0 unspecified atom stereocenters. The summed E-state index contributed by atoms with van der Waals surface area (Å²) in [5, 5.41) is 19.4. The molecule has 4 aromatic rings. The molecule has 1 amide bonds. The number of carbonyl (C=O) groups is 1. The summed E-state index contributed by atoms with van der Waals surface area (Å²) in [5.74, 6) is 0.687. The van der Waals surface area contributed by atoms with Crippen LogP contribution in [0.2, 0.25) is 0 Å². The van der Waals surface area contributed by atoms with Crippen molar-refractivity contribution in [3.8, 4) is 11.5 Å². The normalized spacial score (nSPS) is 13.4. The second-order valence-corrected chi connectivity index (χ2v) is 6.50. The lowest BCUT2D eigenvalue weighted by Gasteiger charge is -2.25. The Kier molecular flexibility index (Phi) is 4.19. The first-order valence-electron chi connectivity index (χ1n) is 7.76. The Morgan fingerprint density at radius 3 is 2.69 bits per heavy atom. The van der Waals surface area contributed by atoms with Gasteiger partial charge < -0.3 is 23.8 Å². The van der Waals surface area contributed by atoms with Crippen molar-refractivity contribution in [2.75, 3.05) is 6.54 Å². The van der Waals surface area contributed by atoms with Gasteiger partial charge in [0.2, 0.25) is 5.76 Å². The lowest BCUT2D eigenvalue weighted by molar-refractivity contribution is 0.0551. The van der Waals surface area contributed by atoms with E-state index in [4.69, 9.17) is 13.4 Å². The fourth-order valence-corrected chi connectivity index (χ4v) is 3.37. The maximum Gasteiger partial charge on any atom is 0.273 e. The van der Waals surface area contributed by atoms with Gasteiger partial charge in [-0.05, 0) is 35.7 Å². The molecule has 0 aliphatic rings. The Morgan fingerprint density at radius 2 is 2.00 bits per heavy atom. The van der Waals surface area contributed by atoms with Crippen molar-refractivity contribution in [3.05, 3.63) is 76.7 Å². The molecule has 0 fully saturated rings. The van der Waals surface area contributed by atoms with E-state index in [0.717, 1.165) is 0 Å². The fraction of sp³-hybridized carbons (Fsp3) is 0.111. The quantitative estimate of drug-likeness (QED) is 0.540. The van der Waals surface area contributed by atoms with E-state index in [1.54, 1.807) is 30.3 Å². The van der Waals surface area contributed by atoms with Gasteiger partial charge in [-0.15, -0.1) is 11.3 Å². The topological polar surface area (TPSA) is 102 Å². The number of hydrogen-bond acceptors (Lipinski definition) is 7. The number of carbonyl (C=O) groups excluding carboxylic acids is 1. The number of nitrogens with one attached hydrogen (secondary N) is 1. The summed E-state index contributed by atoms with van der Waals surface area (Å²) >= 11 is 1.37. The van der Waals surface area contributed by atoms with Gasteiger partial charge in [-0.2, -0.15) is 0 Å². The van der Waals surface area contributed by atoms with E-state index >= 15 is 0 Å². The van der Waals surface area contributed by atoms with Crippen molar-refractivity contribution >= 4 is 17.2 Å². The number of rotatable bonds is 6. The average molecular weight is 370 g/mol. The van der Waals surface area contributed by atoms with Gasteiger partial charge in [0, 0.05) is 10.9 Å². The first-order valence-corrected chi connectivity index (χ1v) is 8.64. The molecule has 26 heavy (non-hydrogen) atoms. The minimum absolute atomic E-state index is 0.0806. The predicted molar refractivity (Wildman–Crippen MR) is 92.6 cm³/mol. The highest BCUT2D eigenvalue weighted by molar-refractivity contribution is 7.10. The third-order valence-corrected chi connectivity index (χ3v) is 4.89. The van der Waals surface area contributed by atoms with Crippen LogP contribution in [0.15, 0.2) is 73.7 Å². The van der Waals surface area contributed by atoms with Gasteiger partial charge >= 0.3 is 0 Å². The van der Waals surface area contributed by atoms with Crippen LogP contribution in [-0.4, -0.2) is 22.7 Å². The van der Waals surface area contributed by atoms with Gasteiger partial charge in [-0.1, -0.05) is 11.2 Å². The highest BCUT2D eigenvalue weighted by Gasteiger charge is 2.36. The zero-order valence-electron chi connectivity index (χ0n) is 13.4. The molecule has 0 saturated heterocycles. The van der Waals surface area contributed by atoms with Gasteiger partial charge in [0.1, 0.15) is 5.76 Å². The molecule has 4 aromatic heterocycles. The van der Waals surface area contributed by atoms with Gasteiger partial charge in [0.05, 0.1) is 19.1 Å². The Labute approximate surface area is 151 Å². The molecule has 7 nitrogen and oxygen atoms in total. The highest BCUT2D eigenvalue weighted by atomic mass is 32.1. The summed E-state index contributed by atoms with van der Waals surface area (Å²) in [4.78, 5) is 13.1. The Morgan fingerprint density at radius 1 is 1.15 bits per heavy atom. The third kappa shape index (κ3) is 2.96. The number of furan rings is 2. The van der Waals surface area contributed by atoms with Crippen molar-refractivity contribution in [1.82, 2.24) is 10.5 Å². The summed E-state index contributed by atoms with van der Waals surface area (Å²) in [6.45, 7) is -0.0806. The van der Waals surface area contributed by atoms with E-state index in [1.807, 2.05) is 11.4 Å². The van der Waals surface area contributed by atoms with Crippen LogP contribution >= 0.6 is 11.3 Å². The number of thiophene rings is 1. The van der Waals surface area contributed by atoms with Gasteiger partial charge in [-0.25, -0.2) is 0 Å². The molecular weight excluding hydrogens is 356 g/mol. The highest BCUT2D eigenvalue weighted by Crippen LogP contribution is 2.32. The molecule has 8 heteroatoms. The second kappa shape index (κ2) is 6.66. The minimum Gasteiger partial charge on any atom is -0.466 e. The molecule has 0 saturated carbocycles. The lowest BCUT2D eigenvalue weighted by atomic mass is 9.98. The maximum atomic E-state index is 12.4. The number of hydrogen-bond donors (Lipinski definition) is 2. The van der Waals surface area contributed by atoms with Crippen molar-refractivity contribution < 1.29 is 23.3 Å². The standard InChI is InChI=1S/C18H14N2O5S/c21-17(12-10-14(25-20-12)13-4-1-7-23-13)19-11-18(22,15-5-2-8-24-15)16-6-3-9-26-16/h1-10,22H,11H2,(H,19,21)/t18-/m1/s1. The van der Waals surface area contributed by atoms with Crippen LogP contribution in [0.4, 0.5) is 0 Å². The van der Waals surface area contributed by atoms with E-state index in [9.17, 15) is 9.90 Å². The van der Waals surface area contributed by atoms with Crippen LogP contribution in [0.5, 0.6) is 0 Å². The van der Waals surface area contributed by atoms with E-state index in [0.29, 0.717) is 22.2 Å². The molecular formula is C18H14N2O5S. The summed E-state index contributed by atoms with van der Waals surface area (Å²) in [5.41, 5.74) is -1.38. The summed E-state index contributed by atoms with van der Waals surface area (Å²) in [6, 6.07) is 11.8. The lowest BCUT2D eigenvalue weighted by Crippen LogP contribution is -2.41. The molecule has 2 N–H and O–H groups in total. The van der Waals surface area contributed by atoms with Crippen LogP contribution in [0, 0.1) is 0 Å². The minimum atomic E-state index is -1.47. The molecule has 1 atom stereocenters. The smallest absolute Gasteiger partial charge is 0.273 e. The Hall–Kier alpha value is -3.10. The largest absolute Gasteiger partial charge is 0.466 e. The predicted octanol–water partition coefficient (Wildman–Crippen LogP) is 3.26. The molecule has 4 rings (SSSR count). The first kappa shape index (κ1) is 16.4. The average Bonchev–Trinajstić information content (AvgIpc) is 3.45. The zero-order valence-corrected chi connectivity index (χ0v) is 14.2. The Balaban J connectivity index is 1.52. The SMILES string of the molecule is O=C(NC[C@@](O)(c1ccco1)c1cccs1)c1cc(-c2ccco2)on1.